The number of rotatable bonds is 4. The van der Waals surface area contributed by atoms with E-state index in [9.17, 15) is 4.79 Å². The van der Waals surface area contributed by atoms with Crippen molar-refractivity contribution < 1.29 is 23.5 Å². The monoisotopic (exact) mass is 411 g/mol. The molecule has 1 aromatic carbocycles. The van der Waals surface area contributed by atoms with Crippen LogP contribution in [0.2, 0.25) is 0 Å². The van der Waals surface area contributed by atoms with Crippen LogP contribution in [0.25, 0.3) is 11.4 Å². The third-order valence-electron chi connectivity index (χ3n) is 7.14. The van der Waals surface area contributed by atoms with E-state index in [0.717, 1.165) is 43.4 Å². The molecule has 0 radical (unpaired) electrons. The molecular formula is C22H25N3O5. The normalized spacial score (nSPS) is 30.0. The first-order valence-electron chi connectivity index (χ1n) is 10.9. The maximum absolute atomic E-state index is 13.2. The lowest BCUT2D eigenvalue weighted by molar-refractivity contribution is -0.128. The zero-order chi connectivity index (χ0) is 20.1. The summed E-state index contributed by atoms with van der Waals surface area (Å²) in [5.74, 6) is 3.41. The molecule has 1 saturated heterocycles. The quantitative estimate of drug-likeness (QED) is 0.826. The largest absolute Gasteiger partial charge is 0.454 e. The number of carbonyl (C=O) groups excluding carboxylic acids is 1. The van der Waals surface area contributed by atoms with E-state index in [2.05, 4.69) is 10.5 Å². The first-order chi connectivity index (χ1) is 14.8. The minimum Gasteiger partial charge on any atom is -0.454 e. The van der Waals surface area contributed by atoms with Gasteiger partial charge in [0.05, 0.1) is 11.8 Å². The summed E-state index contributed by atoms with van der Waals surface area (Å²) < 4.78 is 22.0. The van der Waals surface area contributed by atoms with E-state index in [1.54, 1.807) is 0 Å². The van der Waals surface area contributed by atoms with E-state index in [0.29, 0.717) is 42.5 Å². The fraction of sp³-hybridized carbons (Fsp3) is 0.591. The van der Waals surface area contributed by atoms with Gasteiger partial charge in [0.15, 0.2) is 11.5 Å². The minimum atomic E-state index is -0.0864. The van der Waals surface area contributed by atoms with Gasteiger partial charge < -0.3 is 24.1 Å². The molecule has 2 saturated carbocycles. The third-order valence-corrected chi connectivity index (χ3v) is 7.14. The van der Waals surface area contributed by atoms with Gasteiger partial charge in [-0.05, 0) is 62.1 Å². The molecule has 2 aliphatic heterocycles. The van der Waals surface area contributed by atoms with Gasteiger partial charge >= 0.3 is 0 Å². The lowest BCUT2D eigenvalue weighted by atomic mass is 9.78. The molecule has 30 heavy (non-hydrogen) atoms. The second kappa shape index (κ2) is 7.27. The van der Waals surface area contributed by atoms with Crippen molar-refractivity contribution in [2.45, 2.75) is 44.1 Å². The van der Waals surface area contributed by atoms with Crippen molar-refractivity contribution in [3.8, 4) is 22.9 Å². The van der Waals surface area contributed by atoms with Gasteiger partial charge in [-0.15, -0.1) is 0 Å². The van der Waals surface area contributed by atoms with Crippen LogP contribution in [0.3, 0.4) is 0 Å². The van der Waals surface area contributed by atoms with Gasteiger partial charge in [-0.3, -0.25) is 4.79 Å². The fourth-order valence-electron chi connectivity index (χ4n) is 5.69. The summed E-state index contributed by atoms with van der Waals surface area (Å²) in [6.45, 7) is 1.66. The zero-order valence-corrected chi connectivity index (χ0v) is 16.7. The lowest BCUT2D eigenvalue weighted by Crippen LogP contribution is -2.44. The second-order valence-corrected chi connectivity index (χ2v) is 8.80. The molecule has 2 bridgehead atoms. The summed E-state index contributed by atoms with van der Waals surface area (Å²) in [5.41, 5.74) is 0.820. The lowest BCUT2D eigenvalue weighted by Gasteiger charge is -2.30. The van der Waals surface area contributed by atoms with Gasteiger partial charge in [-0.2, -0.15) is 4.98 Å². The first-order valence-corrected chi connectivity index (χ1v) is 10.9. The Bertz CT molecular complexity index is 954. The maximum Gasteiger partial charge on any atom is 0.231 e. The van der Waals surface area contributed by atoms with Crippen molar-refractivity contribution in [1.82, 2.24) is 15.5 Å². The minimum absolute atomic E-state index is 0.00106. The van der Waals surface area contributed by atoms with Crippen molar-refractivity contribution >= 4 is 5.91 Å². The number of fused-ring (bicyclic) bond motifs is 3. The average Bonchev–Trinajstić information content (AvgIpc) is 3.57. The number of aromatic nitrogens is 2. The van der Waals surface area contributed by atoms with Crippen LogP contribution >= 0.6 is 0 Å². The molecule has 8 nitrogen and oxygen atoms in total. The number of carbonyl (C=O) groups is 1. The molecule has 8 heteroatoms. The average molecular weight is 411 g/mol. The van der Waals surface area contributed by atoms with Crippen LogP contribution in [-0.2, 0) is 9.53 Å². The molecule has 2 aliphatic carbocycles. The van der Waals surface area contributed by atoms with Gasteiger partial charge in [0.2, 0.25) is 24.4 Å². The van der Waals surface area contributed by atoms with Crippen molar-refractivity contribution in [2.24, 2.45) is 17.8 Å². The van der Waals surface area contributed by atoms with Gasteiger partial charge in [0.1, 0.15) is 0 Å². The summed E-state index contributed by atoms with van der Waals surface area (Å²) >= 11 is 0. The predicted molar refractivity (Wildman–Crippen MR) is 105 cm³/mol. The maximum atomic E-state index is 13.2. The molecule has 158 valence electrons. The molecule has 1 aromatic heterocycles. The Labute approximate surface area is 174 Å². The molecule has 1 N–H and O–H groups in total. The van der Waals surface area contributed by atoms with E-state index in [1.807, 2.05) is 18.2 Å². The van der Waals surface area contributed by atoms with Crippen LogP contribution in [-0.4, -0.2) is 42.1 Å². The Balaban J connectivity index is 1.24. The molecule has 2 aromatic rings. The molecule has 4 atom stereocenters. The molecule has 3 heterocycles. The molecule has 1 amide bonds. The smallest absolute Gasteiger partial charge is 0.231 e. The van der Waals surface area contributed by atoms with Crippen molar-refractivity contribution in [1.29, 1.82) is 0 Å². The van der Waals surface area contributed by atoms with E-state index in [-0.39, 0.29) is 30.6 Å². The number of hydrogen-bond donors (Lipinski definition) is 1. The highest BCUT2D eigenvalue weighted by Gasteiger charge is 2.53. The second-order valence-electron chi connectivity index (χ2n) is 8.80. The summed E-state index contributed by atoms with van der Waals surface area (Å²) in [6, 6.07) is 5.83. The summed E-state index contributed by atoms with van der Waals surface area (Å²) in [4.78, 5) is 17.9. The number of amides is 1. The fourth-order valence-corrected chi connectivity index (χ4v) is 5.69. The van der Waals surface area contributed by atoms with Crippen LogP contribution in [0.4, 0.5) is 0 Å². The van der Waals surface area contributed by atoms with Crippen LogP contribution in [0.15, 0.2) is 22.7 Å². The Kier molecular flexibility index (Phi) is 4.40. The highest BCUT2D eigenvalue weighted by Crippen LogP contribution is 2.56. The third kappa shape index (κ3) is 3.05. The SMILES string of the molecule is O=C(NC1CCOCC1)[C@H]1[C@H]2CC[C@H](C2)[C@@H]1c1nc(-c2ccc3c(c2)OCO3)no1. The van der Waals surface area contributed by atoms with Crippen molar-refractivity contribution in [2.75, 3.05) is 20.0 Å². The molecule has 6 rings (SSSR count). The first kappa shape index (κ1) is 18.2. The van der Waals surface area contributed by atoms with Crippen LogP contribution in [0.1, 0.15) is 43.9 Å². The van der Waals surface area contributed by atoms with E-state index < -0.39 is 0 Å². The van der Waals surface area contributed by atoms with Crippen LogP contribution in [0.5, 0.6) is 11.5 Å². The van der Waals surface area contributed by atoms with E-state index in [1.165, 1.54) is 0 Å². The number of benzene rings is 1. The predicted octanol–water partition coefficient (Wildman–Crippen LogP) is 2.89. The van der Waals surface area contributed by atoms with Gasteiger partial charge in [-0.25, -0.2) is 0 Å². The van der Waals surface area contributed by atoms with Crippen molar-refractivity contribution in [3.05, 3.63) is 24.1 Å². The van der Waals surface area contributed by atoms with Crippen molar-refractivity contribution in [3.63, 3.8) is 0 Å². The number of nitrogens with zero attached hydrogens (tertiary/aromatic N) is 2. The van der Waals surface area contributed by atoms with Gasteiger partial charge in [0.25, 0.3) is 0 Å². The Morgan fingerprint density at radius 2 is 1.87 bits per heavy atom. The Morgan fingerprint density at radius 3 is 2.77 bits per heavy atom. The number of ether oxygens (including phenoxy) is 3. The Hall–Kier alpha value is -2.61. The molecule has 4 aliphatic rings. The van der Waals surface area contributed by atoms with E-state index in [4.69, 9.17) is 23.7 Å². The zero-order valence-electron chi connectivity index (χ0n) is 16.7. The Morgan fingerprint density at radius 1 is 1.03 bits per heavy atom. The highest BCUT2D eigenvalue weighted by molar-refractivity contribution is 5.81. The molecular weight excluding hydrogens is 386 g/mol. The van der Waals surface area contributed by atoms with Gasteiger partial charge in [0, 0.05) is 24.8 Å². The summed E-state index contributed by atoms with van der Waals surface area (Å²) in [7, 11) is 0. The van der Waals surface area contributed by atoms with Crippen LogP contribution < -0.4 is 14.8 Å². The van der Waals surface area contributed by atoms with Crippen LogP contribution in [0, 0.1) is 17.8 Å². The number of hydrogen-bond acceptors (Lipinski definition) is 7. The number of nitrogens with one attached hydrogen (secondary N) is 1. The molecule has 0 unspecified atom stereocenters. The topological polar surface area (TPSA) is 95.7 Å². The van der Waals surface area contributed by atoms with E-state index >= 15 is 0 Å². The standard InChI is InChI=1S/C22H25N3O5/c26-21(23-15-5-7-27-8-6-15)18-12-1-2-13(9-12)19(18)22-24-20(25-30-22)14-3-4-16-17(10-14)29-11-28-16/h3-4,10,12-13,15,18-19H,1-2,5-9,11H2,(H,23,26)/t12-,13+,18-,19-/m0/s1. The summed E-state index contributed by atoms with van der Waals surface area (Å²) in [6.07, 6.45) is 5.06. The summed E-state index contributed by atoms with van der Waals surface area (Å²) in [5, 5.41) is 7.49. The van der Waals surface area contributed by atoms with Gasteiger partial charge in [-0.1, -0.05) is 5.16 Å². The highest BCUT2D eigenvalue weighted by atomic mass is 16.7. The molecule has 3 fully saturated rings. The molecule has 0 spiro atoms.